The molecule has 2 rings (SSSR count). The first-order valence-corrected chi connectivity index (χ1v) is 8.31. The molecule has 24 heavy (non-hydrogen) atoms. The summed E-state index contributed by atoms with van der Waals surface area (Å²) in [5.74, 6) is 0.550. The van der Waals surface area contributed by atoms with E-state index in [0.29, 0.717) is 6.61 Å². The molecule has 0 aliphatic rings. The summed E-state index contributed by atoms with van der Waals surface area (Å²) < 4.78 is 11.1. The molecule has 0 bridgehead atoms. The normalized spacial score (nSPS) is 12.5. The number of rotatable bonds is 6. The second kappa shape index (κ2) is 8.00. The Morgan fingerprint density at radius 3 is 2.21 bits per heavy atom. The van der Waals surface area contributed by atoms with Crippen LogP contribution in [0.5, 0.6) is 5.75 Å². The maximum Gasteiger partial charge on any atom is 0.310 e. The molecule has 0 saturated heterocycles. The number of hydrogen-bond donors (Lipinski definition) is 0. The standard InChI is InChI=1S/C21H26O3/c1-16(24-20(22)14-17-8-6-5-7-9-17)15-23-19-12-10-18(11-13-19)21(2,3)4/h5-13,16H,14-15H2,1-4H3/t16-/m1/s1. The van der Waals surface area contributed by atoms with Crippen molar-refractivity contribution in [1.82, 2.24) is 0 Å². The Kier molecular flexibility index (Phi) is 6.02. The van der Waals surface area contributed by atoms with Crippen molar-refractivity contribution in [3.8, 4) is 5.75 Å². The quantitative estimate of drug-likeness (QED) is 0.731. The zero-order valence-electron chi connectivity index (χ0n) is 14.9. The Hall–Kier alpha value is -2.29. The topological polar surface area (TPSA) is 35.5 Å². The fourth-order valence-corrected chi connectivity index (χ4v) is 2.33. The van der Waals surface area contributed by atoms with Crippen molar-refractivity contribution in [2.24, 2.45) is 0 Å². The molecule has 2 aromatic carbocycles. The van der Waals surface area contributed by atoms with Gasteiger partial charge in [0.1, 0.15) is 18.5 Å². The maximum absolute atomic E-state index is 11.9. The Morgan fingerprint density at radius 1 is 1.00 bits per heavy atom. The van der Waals surface area contributed by atoms with Gasteiger partial charge < -0.3 is 9.47 Å². The second-order valence-corrected chi connectivity index (χ2v) is 7.05. The van der Waals surface area contributed by atoms with Crippen LogP contribution < -0.4 is 4.74 Å². The van der Waals surface area contributed by atoms with Crippen LogP contribution in [0.15, 0.2) is 54.6 Å². The highest BCUT2D eigenvalue weighted by Crippen LogP contribution is 2.24. The molecule has 0 spiro atoms. The number of hydrogen-bond acceptors (Lipinski definition) is 3. The molecule has 0 aliphatic heterocycles. The van der Waals surface area contributed by atoms with Crippen molar-refractivity contribution in [1.29, 1.82) is 0 Å². The van der Waals surface area contributed by atoms with Crippen molar-refractivity contribution in [3.05, 3.63) is 65.7 Å². The van der Waals surface area contributed by atoms with E-state index in [9.17, 15) is 4.79 Å². The highest BCUT2D eigenvalue weighted by atomic mass is 16.6. The first-order chi connectivity index (χ1) is 11.3. The summed E-state index contributed by atoms with van der Waals surface area (Å²) in [5.41, 5.74) is 2.34. The summed E-state index contributed by atoms with van der Waals surface area (Å²) in [6.45, 7) is 8.72. The highest BCUT2D eigenvalue weighted by molar-refractivity contribution is 5.72. The molecule has 2 aromatic rings. The zero-order chi connectivity index (χ0) is 17.6. The molecular weight excluding hydrogens is 300 g/mol. The third kappa shape index (κ3) is 5.73. The monoisotopic (exact) mass is 326 g/mol. The third-order valence-corrected chi connectivity index (χ3v) is 3.73. The van der Waals surface area contributed by atoms with E-state index in [1.807, 2.05) is 49.4 Å². The third-order valence-electron chi connectivity index (χ3n) is 3.73. The van der Waals surface area contributed by atoms with Crippen LogP contribution in [0.1, 0.15) is 38.8 Å². The van der Waals surface area contributed by atoms with Gasteiger partial charge in [0.05, 0.1) is 6.42 Å². The van der Waals surface area contributed by atoms with E-state index in [1.54, 1.807) is 0 Å². The van der Waals surface area contributed by atoms with Gasteiger partial charge in [-0.25, -0.2) is 0 Å². The molecule has 0 amide bonds. The second-order valence-electron chi connectivity index (χ2n) is 7.05. The largest absolute Gasteiger partial charge is 0.490 e. The molecule has 0 N–H and O–H groups in total. The number of ether oxygens (including phenoxy) is 2. The Labute approximate surface area is 144 Å². The van der Waals surface area contributed by atoms with Gasteiger partial charge in [-0.05, 0) is 35.6 Å². The fraction of sp³-hybridized carbons (Fsp3) is 0.381. The van der Waals surface area contributed by atoms with Gasteiger partial charge in [0, 0.05) is 0 Å². The minimum Gasteiger partial charge on any atom is -0.490 e. The minimum atomic E-state index is -0.288. The fourth-order valence-electron chi connectivity index (χ4n) is 2.33. The van der Waals surface area contributed by atoms with Crippen LogP contribution in [0.2, 0.25) is 0 Å². The molecule has 0 unspecified atom stereocenters. The molecule has 0 aromatic heterocycles. The summed E-state index contributed by atoms with van der Waals surface area (Å²) in [7, 11) is 0. The van der Waals surface area contributed by atoms with E-state index in [0.717, 1.165) is 11.3 Å². The average molecular weight is 326 g/mol. The zero-order valence-corrected chi connectivity index (χ0v) is 14.9. The number of carbonyl (C=O) groups is 1. The average Bonchev–Trinajstić information content (AvgIpc) is 2.53. The van der Waals surface area contributed by atoms with Crippen LogP contribution >= 0.6 is 0 Å². The number of benzene rings is 2. The predicted octanol–water partition coefficient (Wildman–Crippen LogP) is 4.54. The van der Waals surface area contributed by atoms with E-state index in [4.69, 9.17) is 9.47 Å². The van der Waals surface area contributed by atoms with E-state index in [1.165, 1.54) is 5.56 Å². The minimum absolute atomic E-state index is 0.124. The van der Waals surface area contributed by atoms with Crippen LogP contribution in [-0.4, -0.2) is 18.7 Å². The van der Waals surface area contributed by atoms with Gasteiger partial charge in [-0.1, -0.05) is 63.2 Å². The van der Waals surface area contributed by atoms with Gasteiger partial charge in [0.2, 0.25) is 0 Å². The van der Waals surface area contributed by atoms with Gasteiger partial charge in [-0.3, -0.25) is 4.79 Å². The van der Waals surface area contributed by atoms with Gasteiger partial charge in [0.25, 0.3) is 0 Å². The lowest BCUT2D eigenvalue weighted by Crippen LogP contribution is -2.23. The molecule has 3 heteroatoms. The first kappa shape index (κ1) is 18.1. The summed E-state index contributed by atoms with van der Waals surface area (Å²) >= 11 is 0. The molecule has 3 nitrogen and oxygen atoms in total. The molecule has 1 atom stereocenters. The van der Waals surface area contributed by atoms with Crippen molar-refractivity contribution < 1.29 is 14.3 Å². The van der Waals surface area contributed by atoms with Crippen LogP contribution in [0.3, 0.4) is 0 Å². The van der Waals surface area contributed by atoms with Crippen molar-refractivity contribution in [2.75, 3.05) is 6.61 Å². The Morgan fingerprint density at radius 2 is 1.62 bits per heavy atom. The van der Waals surface area contributed by atoms with Crippen LogP contribution in [0, 0.1) is 0 Å². The molecule has 128 valence electrons. The SMILES string of the molecule is C[C@H](COc1ccc(C(C)(C)C)cc1)OC(=O)Cc1ccccc1. The lowest BCUT2D eigenvalue weighted by atomic mass is 9.87. The molecule has 0 heterocycles. The summed E-state index contributed by atoms with van der Waals surface area (Å²) in [6, 6.07) is 17.6. The highest BCUT2D eigenvalue weighted by Gasteiger charge is 2.14. The van der Waals surface area contributed by atoms with Crippen LogP contribution in [-0.2, 0) is 21.4 Å². The summed E-state index contributed by atoms with van der Waals surface area (Å²) in [4.78, 5) is 11.9. The molecule has 0 aliphatic carbocycles. The maximum atomic E-state index is 11.9. The number of carbonyl (C=O) groups excluding carboxylic acids is 1. The van der Waals surface area contributed by atoms with Crippen molar-refractivity contribution in [3.63, 3.8) is 0 Å². The van der Waals surface area contributed by atoms with Crippen molar-refractivity contribution >= 4 is 5.97 Å². The van der Waals surface area contributed by atoms with Gasteiger partial charge >= 0.3 is 5.97 Å². The molecular formula is C21H26O3. The molecule has 0 radical (unpaired) electrons. The van der Waals surface area contributed by atoms with E-state index < -0.39 is 0 Å². The van der Waals surface area contributed by atoms with E-state index in [2.05, 4.69) is 32.9 Å². The molecule has 0 saturated carbocycles. The Balaban J connectivity index is 1.78. The van der Waals surface area contributed by atoms with Gasteiger partial charge in [0.15, 0.2) is 0 Å². The van der Waals surface area contributed by atoms with Crippen LogP contribution in [0.4, 0.5) is 0 Å². The van der Waals surface area contributed by atoms with Gasteiger partial charge in [-0.2, -0.15) is 0 Å². The van der Waals surface area contributed by atoms with E-state index in [-0.39, 0.29) is 23.9 Å². The van der Waals surface area contributed by atoms with Gasteiger partial charge in [-0.15, -0.1) is 0 Å². The lowest BCUT2D eigenvalue weighted by molar-refractivity contribution is -0.148. The van der Waals surface area contributed by atoms with Crippen molar-refractivity contribution in [2.45, 2.75) is 45.6 Å². The summed E-state index contributed by atoms with van der Waals surface area (Å²) in [5, 5.41) is 0. The Bertz CT molecular complexity index is 639. The van der Waals surface area contributed by atoms with Crippen LogP contribution in [0.25, 0.3) is 0 Å². The predicted molar refractivity (Wildman–Crippen MR) is 96.3 cm³/mol. The van der Waals surface area contributed by atoms with E-state index >= 15 is 0 Å². The lowest BCUT2D eigenvalue weighted by Gasteiger charge is -2.19. The molecule has 0 fully saturated rings. The number of esters is 1. The summed E-state index contributed by atoms with van der Waals surface area (Å²) in [6.07, 6.45) is -0.00523. The smallest absolute Gasteiger partial charge is 0.310 e. The first-order valence-electron chi connectivity index (χ1n) is 8.31.